The van der Waals surface area contributed by atoms with Crippen LogP contribution in [0.4, 0.5) is 0 Å². The van der Waals surface area contributed by atoms with E-state index in [-0.39, 0.29) is 18.3 Å². The van der Waals surface area contributed by atoms with E-state index in [4.69, 9.17) is 14.6 Å². The van der Waals surface area contributed by atoms with Crippen LogP contribution in [-0.2, 0) is 14.8 Å². The lowest BCUT2D eigenvalue weighted by Gasteiger charge is -2.31. The molecule has 0 aromatic heterocycles. The summed E-state index contributed by atoms with van der Waals surface area (Å²) in [6.07, 6.45) is 1.60. The SMILES string of the molecule is CC(C)Oc1ccc(S(=O)(=O)N2CCC(c3ccc(O)cc3)CC2)cc1.O=CO. The Labute approximate surface area is 171 Å². The van der Waals surface area contributed by atoms with E-state index in [2.05, 4.69) is 0 Å². The van der Waals surface area contributed by atoms with Crippen molar-refractivity contribution in [3.05, 3.63) is 54.1 Å². The van der Waals surface area contributed by atoms with Crippen molar-refractivity contribution in [2.24, 2.45) is 0 Å². The fraction of sp³-hybridized carbons (Fsp3) is 0.381. The van der Waals surface area contributed by atoms with E-state index in [1.54, 1.807) is 40.7 Å². The number of nitrogens with zero attached hydrogens (tertiary/aromatic N) is 1. The lowest BCUT2D eigenvalue weighted by molar-refractivity contribution is -0.122. The summed E-state index contributed by atoms with van der Waals surface area (Å²) in [5.74, 6) is 1.24. The number of carboxylic acid groups (broad SMARTS) is 1. The molecule has 1 aliphatic heterocycles. The van der Waals surface area contributed by atoms with Gasteiger partial charge in [-0.25, -0.2) is 8.42 Å². The first-order valence-electron chi connectivity index (χ1n) is 9.41. The highest BCUT2D eigenvalue weighted by Crippen LogP contribution is 2.31. The molecule has 1 aliphatic rings. The van der Waals surface area contributed by atoms with Crippen LogP contribution in [-0.4, -0.2) is 48.6 Å². The van der Waals surface area contributed by atoms with Gasteiger partial charge in [0, 0.05) is 13.1 Å². The van der Waals surface area contributed by atoms with Crippen molar-refractivity contribution in [3.63, 3.8) is 0 Å². The number of carbonyl (C=O) groups is 1. The number of rotatable bonds is 5. The molecule has 0 bridgehead atoms. The molecule has 29 heavy (non-hydrogen) atoms. The summed E-state index contributed by atoms with van der Waals surface area (Å²) in [5.41, 5.74) is 1.15. The van der Waals surface area contributed by atoms with Crippen molar-refractivity contribution in [1.82, 2.24) is 4.31 Å². The maximum Gasteiger partial charge on any atom is 0.290 e. The van der Waals surface area contributed by atoms with Crippen LogP contribution < -0.4 is 4.74 Å². The molecule has 2 aromatic rings. The first-order valence-corrected chi connectivity index (χ1v) is 10.9. The highest BCUT2D eigenvalue weighted by Gasteiger charge is 2.29. The third-order valence-electron chi connectivity index (χ3n) is 4.65. The zero-order valence-electron chi connectivity index (χ0n) is 16.6. The molecule has 1 heterocycles. The van der Waals surface area contributed by atoms with Crippen LogP contribution in [0.5, 0.6) is 11.5 Å². The largest absolute Gasteiger partial charge is 0.508 e. The normalized spacial score (nSPS) is 15.4. The molecule has 0 saturated carbocycles. The minimum atomic E-state index is -3.48. The van der Waals surface area contributed by atoms with Gasteiger partial charge in [-0.1, -0.05) is 12.1 Å². The topological polar surface area (TPSA) is 104 Å². The van der Waals surface area contributed by atoms with Gasteiger partial charge in [-0.3, -0.25) is 4.79 Å². The van der Waals surface area contributed by atoms with Crippen molar-refractivity contribution in [3.8, 4) is 11.5 Å². The van der Waals surface area contributed by atoms with Gasteiger partial charge in [0.15, 0.2) is 0 Å². The minimum Gasteiger partial charge on any atom is -0.508 e. The van der Waals surface area contributed by atoms with E-state index in [1.165, 1.54) is 0 Å². The molecule has 0 aliphatic carbocycles. The number of phenolic OH excluding ortho intramolecular Hbond substituents is 1. The summed E-state index contributed by atoms with van der Waals surface area (Å²) in [4.78, 5) is 8.66. The second kappa shape index (κ2) is 10.3. The average Bonchev–Trinajstić information content (AvgIpc) is 2.69. The zero-order valence-corrected chi connectivity index (χ0v) is 17.4. The molecule has 7 nitrogen and oxygen atoms in total. The average molecular weight is 422 g/mol. The van der Waals surface area contributed by atoms with Crippen molar-refractivity contribution >= 4 is 16.5 Å². The van der Waals surface area contributed by atoms with Crippen LogP contribution in [0.25, 0.3) is 0 Å². The number of aromatic hydroxyl groups is 1. The van der Waals surface area contributed by atoms with Crippen LogP contribution in [0, 0.1) is 0 Å². The molecule has 0 amide bonds. The van der Waals surface area contributed by atoms with Gasteiger partial charge < -0.3 is 14.9 Å². The zero-order chi connectivity index (χ0) is 21.4. The highest BCUT2D eigenvalue weighted by atomic mass is 32.2. The van der Waals surface area contributed by atoms with Gasteiger partial charge in [-0.15, -0.1) is 0 Å². The number of piperidine rings is 1. The highest BCUT2D eigenvalue weighted by molar-refractivity contribution is 7.89. The Bertz CT molecular complexity index is 870. The van der Waals surface area contributed by atoms with Gasteiger partial charge in [0.1, 0.15) is 11.5 Å². The van der Waals surface area contributed by atoms with Gasteiger partial charge in [0.05, 0.1) is 11.0 Å². The van der Waals surface area contributed by atoms with E-state index in [0.717, 1.165) is 18.4 Å². The Balaban J connectivity index is 0.000000941. The third-order valence-corrected chi connectivity index (χ3v) is 6.56. The van der Waals surface area contributed by atoms with E-state index >= 15 is 0 Å². The lowest BCUT2D eigenvalue weighted by atomic mass is 9.90. The molecule has 0 radical (unpaired) electrons. The number of hydrogen-bond acceptors (Lipinski definition) is 5. The van der Waals surface area contributed by atoms with Crippen LogP contribution in [0.3, 0.4) is 0 Å². The molecule has 8 heteroatoms. The summed E-state index contributed by atoms with van der Waals surface area (Å²) < 4.78 is 32.9. The maximum atomic E-state index is 12.9. The Hall–Kier alpha value is -2.58. The second-order valence-electron chi connectivity index (χ2n) is 7.01. The van der Waals surface area contributed by atoms with Gasteiger partial charge in [0.2, 0.25) is 10.0 Å². The number of phenols is 1. The fourth-order valence-corrected chi connectivity index (χ4v) is 4.76. The first-order chi connectivity index (χ1) is 13.8. The second-order valence-corrected chi connectivity index (χ2v) is 8.95. The summed E-state index contributed by atoms with van der Waals surface area (Å²) in [6.45, 7) is 4.61. The Morgan fingerprint density at radius 2 is 1.55 bits per heavy atom. The predicted molar refractivity (Wildman–Crippen MR) is 110 cm³/mol. The van der Waals surface area contributed by atoms with E-state index in [1.807, 2.05) is 26.0 Å². The molecular weight excluding hydrogens is 394 g/mol. The number of benzene rings is 2. The van der Waals surface area contributed by atoms with Crippen LogP contribution >= 0.6 is 0 Å². The summed E-state index contributed by atoms with van der Waals surface area (Å²) in [5, 5.41) is 16.3. The molecule has 0 atom stereocenters. The van der Waals surface area contributed by atoms with Gasteiger partial charge in [-0.2, -0.15) is 4.31 Å². The van der Waals surface area contributed by atoms with Crippen LogP contribution in [0.15, 0.2) is 53.4 Å². The number of hydrogen-bond donors (Lipinski definition) is 2. The predicted octanol–water partition coefficient (Wildman–Crippen LogP) is 3.45. The van der Waals surface area contributed by atoms with E-state index < -0.39 is 10.0 Å². The minimum absolute atomic E-state index is 0.0522. The monoisotopic (exact) mass is 421 g/mol. The Morgan fingerprint density at radius 1 is 1.03 bits per heavy atom. The molecular formula is C21H27NO6S. The third kappa shape index (κ3) is 6.20. The number of ether oxygens (including phenoxy) is 1. The maximum absolute atomic E-state index is 12.9. The fourth-order valence-electron chi connectivity index (χ4n) is 3.29. The van der Waals surface area contributed by atoms with Crippen LogP contribution in [0.2, 0.25) is 0 Å². The van der Waals surface area contributed by atoms with Crippen molar-refractivity contribution in [1.29, 1.82) is 0 Å². The summed E-state index contributed by atoms with van der Waals surface area (Å²) in [7, 11) is -3.48. The number of sulfonamides is 1. The van der Waals surface area contributed by atoms with Gasteiger partial charge >= 0.3 is 0 Å². The Morgan fingerprint density at radius 3 is 2.03 bits per heavy atom. The molecule has 2 N–H and O–H groups in total. The first kappa shape index (κ1) is 22.7. The van der Waals surface area contributed by atoms with E-state index in [9.17, 15) is 13.5 Å². The van der Waals surface area contributed by atoms with E-state index in [0.29, 0.717) is 29.7 Å². The molecule has 1 fully saturated rings. The smallest absolute Gasteiger partial charge is 0.290 e. The molecule has 158 valence electrons. The quantitative estimate of drug-likeness (QED) is 0.717. The molecule has 0 spiro atoms. The standard InChI is InChI=1S/C20H25NO4S.CH2O2/c1-15(2)25-19-7-9-20(10-8-19)26(23,24)21-13-11-17(12-14-21)16-3-5-18(22)6-4-16;2-1-3/h3-10,15,17,22H,11-14H2,1-2H3;1H,(H,2,3). The molecule has 3 rings (SSSR count). The Kier molecular flexibility index (Phi) is 8.04. The molecule has 0 unspecified atom stereocenters. The lowest BCUT2D eigenvalue weighted by Crippen LogP contribution is -2.37. The molecule has 2 aromatic carbocycles. The summed E-state index contributed by atoms with van der Waals surface area (Å²) >= 11 is 0. The van der Waals surface area contributed by atoms with Gasteiger partial charge in [0.25, 0.3) is 6.47 Å². The van der Waals surface area contributed by atoms with Crippen molar-refractivity contribution in [2.45, 2.75) is 43.6 Å². The summed E-state index contributed by atoms with van der Waals surface area (Å²) in [6, 6.07) is 13.8. The van der Waals surface area contributed by atoms with Crippen molar-refractivity contribution < 1.29 is 28.2 Å². The van der Waals surface area contributed by atoms with Crippen molar-refractivity contribution in [2.75, 3.05) is 13.1 Å². The van der Waals surface area contributed by atoms with Crippen LogP contribution in [0.1, 0.15) is 38.2 Å². The molecule has 1 saturated heterocycles. The van der Waals surface area contributed by atoms with Gasteiger partial charge in [-0.05, 0) is 74.6 Å².